The lowest BCUT2D eigenvalue weighted by Crippen LogP contribution is -2.55. The van der Waals surface area contributed by atoms with Crippen LogP contribution in [-0.4, -0.2) is 18.6 Å². The molecule has 2 fully saturated rings. The smallest absolute Gasteiger partial charge is 0.0306 e. The molecule has 0 radical (unpaired) electrons. The Labute approximate surface area is 100 Å². The summed E-state index contributed by atoms with van der Waals surface area (Å²) >= 11 is 0. The molecule has 5 atom stereocenters. The molecule has 16 heavy (non-hydrogen) atoms. The van der Waals surface area contributed by atoms with Crippen molar-refractivity contribution < 1.29 is 0 Å². The van der Waals surface area contributed by atoms with Crippen LogP contribution in [0.15, 0.2) is 0 Å². The normalized spacial score (nSPS) is 48.0. The molecule has 0 aromatic carbocycles. The molecule has 0 spiro atoms. The average Bonchev–Trinajstić information content (AvgIpc) is 2.97. The maximum atomic E-state index is 6.02. The van der Waals surface area contributed by atoms with Gasteiger partial charge in [0.1, 0.15) is 0 Å². The fraction of sp³-hybridized carbons (Fsp3) is 1.00. The summed E-state index contributed by atoms with van der Waals surface area (Å²) in [5.41, 5.74) is 6.28. The largest absolute Gasteiger partial charge is 0.329 e. The number of nitrogens with two attached hydrogens (primary N) is 1. The molecule has 0 aromatic heterocycles. The topological polar surface area (TPSA) is 38.0 Å². The van der Waals surface area contributed by atoms with E-state index in [0.717, 1.165) is 30.2 Å². The lowest BCUT2D eigenvalue weighted by molar-refractivity contribution is 0.145. The molecule has 0 saturated heterocycles. The standard InChI is InChI=1S/C14H28N2/c1-10-4-5-14(9-15,7-12(10)3)16-8-13-6-11(13)2/h10-13,16H,4-9,15H2,1-3H3. The van der Waals surface area contributed by atoms with Gasteiger partial charge >= 0.3 is 0 Å². The molecule has 2 nitrogen and oxygen atoms in total. The molecule has 2 saturated carbocycles. The highest BCUT2D eigenvalue weighted by atomic mass is 15.0. The number of nitrogens with one attached hydrogen (secondary N) is 1. The van der Waals surface area contributed by atoms with E-state index in [1.165, 1.54) is 32.2 Å². The molecule has 0 bridgehead atoms. The first-order valence-electron chi connectivity index (χ1n) is 7.01. The van der Waals surface area contributed by atoms with Gasteiger partial charge < -0.3 is 11.1 Å². The third-order valence-corrected chi connectivity index (χ3v) is 5.17. The van der Waals surface area contributed by atoms with Crippen molar-refractivity contribution in [3.63, 3.8) is 0 Å². The van der Waals surface area contributed by atoms with Gasteiger partial charge in [0.2, 0.25) is 0 Å². The lowest BCUT2D eigenvalue weighted by Gasteiger charge is -2.43. The van der Waals surface area contributed by atoms with E-state index in [1.54, 1.807) is 0 Å². The maximum absolute atomic E-state index is 6.02. The Bertz CT molecular complexity index is 241. The Kier molecular flexibility index (Phi) is 3.60. The van der Waals surface area contributed by atoms with Gasteiger partial charge in [-0.1, -0.05) is 20.8 Å². The zero-order valence-electron chi connectivity index (χ0n) is 11.1. The van der Waals surface area contributed by atoms with Crippen molar-refractivity contribution in [1.29, 1.82) is 0 Å². The van der Waals surface area contributed by atoms with E-state index in [9.17, 15) is 0 Å². The Hall–Kier alpha value is -0.0800. The van der Waals surface area contributed by atoms with Crippen molar-refractivity contribution in [2.75, 3.05) is 13.1 Å². The van der Waals surface area contributed by atoms with Crippen LogP contribution in [0.4, 0.5) is 0 Å². The van der Waals surface area contributed by atoms with Crippen LogP contribution in [0.5, 0.6) is 0 Å². The third-order valence-electron chi connectivity index (χ3n) is 5.17. The van der Waals surface area contributed by atoms with Gasteiger partial charge in [-0.05, 0) is 55.9 Å². The summed E-state index contributed by atoms with van der Waals surface area (Å²) in [6, 6.07) is 0. The highest BCUT2D eigenvalue weighted by molar-refractivity contribution is 4.97. The van der Waals surface area contributed by atoms with Crippen LogP contribution in [-0.2, 0) is 0 Å². The van der Waals surface area contributed by atoms with Crippen LogP contribution < -0.4 is 11.1 Å². The summed E-state index contributed by atoms with van der Waals surface area (Å²) in [6.45, 7) is 9.13. The second-order valence-corrected chi connectivity index (χ2v) is 6.54. The molecule has 5 unspecified atom stereocenters. The Morgan fingerprint density at radius 1 is 1.19 bits per heavy atom. The molecule has 0 aliphatic heterocycles. The van der Waals surface area contributed by atoms with Crippen LogP contribution in [0.25, 0.3) is 0 Å². The van der Waals surface area contributed by atoms with E-state index >= 15 is 0 Å². The predicted molar refractivity (Wildman–Crippen MR) is 69.2 cm³/mol. The summed E-state index contributed by atoms with van der Waals surface area (Å²) in [5.74, 6) is 3.57. The number of hydrogen-bond donors (Lipinski definition) is 2. The van der Waals surface area contributed by atoms with Gasteiger partial charge in [-0.15, -0.1) is 0 Å². The Morgan fingerprint density at radius 2 is 1.88 bits per heavy atom. The van der Waals surface area contributed by atoms with Gasteiger partial charge in [-0.3, -0.25) is 0 Å². The monoisotopic (exact) mass is 224 g/mol. The van der Waals surface area contributed by atoms with Crippen LogP contribution in [0.2, 0.25) is 0 Å². The molecule has 2 aliphatic carbocycles. The molecule has 0 aromatic rings. The van der Waals surface area contributed by atoms with Crippen LogP contribution in [0.1, 0.15) is 46.5 Å². The van der Waals surface area contributed by atoms with E-state index < -0.39 is 0 Å². The molecule has 0 amide bonds. The maximum Gasteiger partial charge on any atom is 0.0306 e. The van der Waals surface area contributed by atoms with Crippen LogP contribution >= 0.6 is 0 Å². The minimum Gasteiger partial charge on any atom is -0.329 e. The summed E-state index contributed by atoms with van der Waals surface area (Å²) < 4.78 is 0. The molecule has 2 rings (SSSR count). The second-order valence-electron chi connectivity index (χ2n) is 6.54. The molecular formula is C14H28N2. The van der Waals surface area contributed by atoms with Gasteiger partial charge in [0.25, 0.3) is 0 Å². The van der Waals surface area contributed by atoms with E-state index in [2.05, 4.69) is 26.1 Å². The van der Waals surface area contributed by atoms with Crippen LogP contribution in [0.3, 0.4) is 0 Å². The zero-order chi connectivity index (χ0) is 11.8. The molecule has 94 valence electrons. The highest BCUT2D eigenvalue weighted by Crippen LogP contribution is 2.39. The van der Waals surface area contributed by atoms with Gasteiger partial charge in [-0.2, -0.15) is 0 Å². The fourth-order valence-corrected chi connectivity index (χ4v) is 3.16. The minimum absolute atomic E-state index is 0.258. The molecule has 0 heterocycles. The predicted octanol–water partition coefficient (Wildman–Crippen LogP) is 2.39. The summed E-state index contributed by atoms with van der Waals surface area (Å²) in [5, 5.41) is 3.80. The van der Waals surface area contributed by atoms with Crippen molar-refractivity contribution >= 4 is 0 Å². The van der Waals surface area contributed by atoms with E-state index in [1.807, 2.05) is 0 Å². The first-order valence-corrected chi connectivity index (χ1v) is 7.01. The van der Waals surface area contributed by atoms with E-state index in [-0.39, 0.29) is 5.54 Å². The van der Waals surface area contributed by atoms with Crippen molar-refractivity contribution in [3.8, 4) is 0 Å². The SMILES string of the molecule is CC1CCC(CN)(NCC2CC2C)CC1C. The fourth-order valence-electron chi connectivity index (χ4n) is 3.16. The molecular weight excluding hydrogens is 196 g/mol. The molecule has 3 N–H and O–H groups in total. The Morgan fingerprint density at radius 3 is 2.38 bits per heavy atom. The summed E-state index contributed by atoms with van der Waals surface area (Å²) in [7, 11) is 0. The van der Waals surface area contributed by atoms with Gasteiger partial charge in [-0.25, -0.2) is 0 Å². The number of hydrogen-bond acceptors (Lipinski definition) is 2. The first kappa shape index (κ1) is 12.4. The molecule has 2 aliphatic rings. The Balaban J connectivity index is 1.86. The van der Waals surface area contributed by atoms with Gasteiger partial charge in [0.05, 0.1) is 0 Å². The van der Waals surface area contributed by atoms with E-state index in [4.69, 9.17) is 5.73 Å². The van der Waals surface area contributed by atoms with Crippen LogP contribution in [0, 0.1) is 23.7 Å². The van der Waals surface area contributed by atoms with Crippen molar-refractivity contribution in [3.05, 3.63) is 0 Å². The summed E-state index contributed by atoms with van der Waals surface area (Å²) in [4.78, 5) is 0. The number of rotatable bonds is 4. The van der Waals surface area contributed by atoms with Gasteiger partial charge in [0, 0.05) is 12.1 Å². The first-order chi connectivity index (χ1) is 7.56. The quantitative estimate of drug-likeness (QED) is 0.769. The zero-order valence-corrected chi connectivity index (χ0v) is 11.1. The third kappa shape index (κ3) is 2.60. The van der Waals surface area contributed by atoms with Crippen molar-refractivity contribution in [2.45, 2.75) is 52.0 Å². The van der Waals surface area contributed by atoms with Crippen molar-refractivity contribution in [1.82, 2.24) is 5.32 Å². The second kappa shape index (κ2) is 4.66. The summed E-state index contributed by atoms with van der Waals surface area (Å²) in [6.07, 6.45) is 5.30. The van der Waals surface area contributed by atoms with E-state index in [0.29, 0.717) is 0 Å². The van der Waals surface area contributed by atoms with Crippen molar-refractivity contribution in [2.24, 2.45) is 29.4 Å². The van der Waals surface area contributed by atoms with Gasteiger partial charge in [0.15, 0.2) is 0 Å². The highest BCUT2D eigenvalue weighted by Gasteiger charge is 2.39. The molecule has 2 heteroatoms. The lowest BCUT2D eigenvalue weighted by atomic mass is 9.71. The average molecular weight is 224 g/mol. The minimum atomic E-state index is 0.258.